The van der Waals surface area contributed by atoms with Crippen molar-refractivity contribution in [2.75, 3.05) is 5.32 Å². The zero-order valence-electron chi connectivity index (χ0n) is 26.3. The topological polar surface area (TPSA) is 131 Å². The summed E-state index contributed by atoms with van der Waals surface area (Å²) in [6.45, 7) is 15.1. The number of rotatable bonds is 13. The third kappa shape index (κ3) is 10.5. The number of benzene rings is 2. The highest BCUT2D eigenvalue weighted by atomic mass is 16.6. The van der Waals surface area contributed by atoms with Crippen molar-refractivity contribution in [1.29, 1.82) is 0 Å². The van der Waals surface area contributed by atoms with Crippen molar-refractivity contribution in [3.05, 3.63) is 65.2 Å². The molecular weight excluding hydrogens is 532 g/mol. The minimum Gasteiger partial charge on any atom is -0.444 e. The number of nitrogens with two attached hydrogens (primary N) is 1. The largest absolute Gasteiger partial charge is 0.444 e. The first kappa shape index (κ1) is 34.3. The summed E-state index contributed by atoms with van der Waals surface area (Å²) in [5.74, 6) is -1.11. The van der Waals surface area contributed by atoms with Gasteiger partial charge >= 0.3 is 6.09 Å². The quantitative estimate of drug-likeness (QED) is 0.276. The first-order valence-corrected chi connectivity index (χ1v) is 14.6. The number of hydrogen-bond acceptors (Lipinski definition) is 5. The summed E-state index contributed by atoms with van der Waals surface area (Å²) >= 11 is 0. The van der Waals surface area contributed by atoms with Crippen molar-refractivity contribution in [2.24, 2.45) is 11.7 Å². The second-order valence-electron chi connectivity index (χ2n) is 12.3. The number of anilines is 1. The third-order valence-corrected chi connectivity index (χ3v) is 6.97. The number of nitrogens with one attached hydrogen (secondary N) is 2. The molecule has 3 unspecified atom stereocenters. The molecule has 42 heavy (non-hydrogen) atoms. The van der Waals surface area contributed by atoms with E-state index >= 15 is 0 Å². The number of para-hydroxylation sites is 1. The number of primary amides is 1. The summed E-state index contributed by atoms with van der Waals surface area (Å²) in [6, 6.07) is 12.3. The summed E-state index contributed by atoms with van der Waals surface area (Å²) in [4.78, 5) is 54.9. The van der Waals surface area contributed by atoms with Crippen molar-refractivity contribution in [3.8, 4) is 0 Å². The number of carbonyl (C=O) groups excluding carboxylic acids is 4. The Hall–Kier alpha value is -3.88. The number of amides is 4. The van der Waals surface area contributed by atoms with Crippen molar-refractivity contribution in [3.63, 3.8) is 0 Å². The fourth-order valence-corrected chi connectivity index (χ4v) is 4.71. The molecule has 0 heterocycles. The number of nitrogens with zero attached hydrogens (tertiary/aromatic N) is 1. The minimum atomic E-state index is -1.15. The average molecular weight is 581 g/mol. The highest BCUT2D eigenvalue weighted by molar-refractivity contribution is 5.99. The summed E-state index contributed by atoms with van der Waals surface area (Å²) < 4.78 is 5.43. The number of hydrogen-bond donors (Lipinski definition) is 3. The highest BCUT2D eigenvalue weighted by Gasteiger charge is 2.39. The Kier molecular flexibility index (Phi) is 12.6. The van der Waals surface area contributed by atoms with Crippen LogP contribution in [-0.4, -0.2) is 46.4 Å². The summed E-state index contributed by atoms with van der Waals surface area (Å²) in [6.07, 6.45) is 0.470. The van der Waals surface area contributed by atoms with Crippen LogP contribution in [0.25, 0.3) is 0 Å². The SMILES string of the molecule is Cc1ccccc1NC(=O)C(c1ccccc1C)N(C(=O)C(CCC(N)=O)NC(=O)OC(C)(C)C)C(C)CCC(C)C. The molecule has 0 aliphatic carbocycles. The van der Waals surface area contributed by atoms with E-state index in [0.717, 1.165) is 17.5 Å². The molecule has 4 amide bonds. The Morgan fingerprint density at radius 3 is 2.02 bits per heavy atom. The molecule has 2 aromatic carbocycles. The molecular formula is C33H48N4O5. The van der Waals surface area contributed by atoms with Crippen LogP contribution in [0.3, 0.4) is 0 Å². The minimum absolute atomic E-state index is 0.0410. The molecule has 0 aromatic heterocycles. The van der Waals surface area contributed by atoms with Gasteiger partial charge < -0.3 is 26.0 Å². The van der Waals surface area contributed by atoms with Crippen LogP contribution in [0, 0.1) is 19.8 Å². The van der Waals surface area contributed by atoms with Crippen LogP contribution in [0.2, 0.25) is 0 Å². The molecule has 4 N–H and O–H groups in total. The van der Waals surface area contributed by atoms with E-state index < -0.39 is 35.6 Å². The van der Waals surface area contributed by atoms with Gasteiger partial charge in [0, 0.05) is 18.2 Å². The van der Waals surface area contributed by atoms with E-state index in [1.165, 1.54) is 0 Å². The van der Waals surface area contributed by atoms with Gasteiger partial charge in [0.2, 0.25) is 11.8 Å². The molecule has 3 atom stereocenters. The molecule has 9 heteroatoms. The molecule has 0 radical (unpaired) electrons. The van der Waals surface area contributed by atoms with E-state index in [2.05, 4.69) is 24.5 Å². The normalized spacial score (nSPS) is 13.5. The number of ether oxygens (including phenoxy) is 1. The summed E-state index contributed by atoms with van der Waals surface area (Å²) in [5.41, 5.74) is 7.66. The predicted molar refractivity (Wildman–Crippen MR) is 166 cm³/mol. The Bertz CT molecular complexity index is 1240. The van der Waals surface area contributed by atoms with Gasteiger partial charge in [-0.25, -0.2) is 4.79 Å². The first-order valence-electron chi connectivity index (χ1n) is 14.6. The van der Waals surface area contributed by atoms with Gasteiger partial charge in [-0.3, -0.25) is 14.4 Å². The number of alkyl carbamates (subject to hydrolysis) is 1. The monoisotopic (exact) mass is 580 g/mol. The number of aryl methyl sites for hydroxylation is 2. The van der Waals surface area contributed by atoms with E-state index in [-0.39, 0.29) is 24.8 Å². The lowest BCUT2D eigenvalue weighted by Gasteiger charge is -2.39. The van der Waals surface area contributed by atoms with Gasteiger partial charge in [-0.05, 0) is 89.5 Å². The molecule has 230 valence electrons. The van der Waals surface area contributed by atoms with Crippen LogP contribution in [0.15, 0.2) is 48.5 Å². The van der Waals surface area contributed by atoms with Gasteiger partial charge in [0.05, 0.1) is 0 Å². The van der Waals surface area contributed by atoms with E-state index in [1.54, 1.807) is 25.7 Å². The van der Waals surface area contributed by atoms with E-state index in [0.29, 0.717) is 23.6 Å². The van der Waals surface area contributed by atoms with E-state index in [9.17, 15) is 19.2 Å². The van der Waals surface area contributed by atoms with Crippen LogP contribution in [0.4, 0.5) is 10.5 Å². The molecule has 0 aliphatic heterocycles. The maximum absolute atomic E-state index is 14.5. The first-order chi connectivity index (χ1) is 19.6. The van der Waals surface area contributed by atoms with Gasteiger partial charge in [-0.15, -0.1) is 0 Å². The maximum atomic E-state index is 14.5. The molecule has 2 rings (SSSR count). The Morgan fingerprint density at radius 1 is 0.881 bits per heavy atom. The van der Waals surface area contributed by atoms with Crippen LogP contribution in [0.5, 0.6) is 0 Å². The fraction of sp³-hybridized carbons (Fsp3) is 0.515. The maximum Gasteiger partial charge on any atom is 0.408 e. The Morgan fingerprint density at radius 2 is 1.48 bits per heavy atom. The Balaban J connectivity index is 2.66. The fourth-order valence-electron chi connectivity index (χ4n) is 4.71. The van der Waals surface area contributed by atoms with Crippen LogP contribution in [-0.2, 0) is 19.1 Å². The highest BCUT2D eigenvalue weighted by Crippen LogP contribution is 2.31. The molecule has 0 spiro atoms. The van der Waals surface area contributed by atoms with Crippen molar-refractivity contribution >= 4 is 29.5 Å². The molecule has 9 nitrogen and oxygen atoms in total. The van der Waals surface area contributed by atoms with Gasteiger partial charge in [-0.1, -0.05) is 56.3 Å². The van der Waals surface area contributed by atoms with Crippen LogP contribution < -0.4 is 16.4 Å². The second-order valence-corrected chi connectivity index (χ2v) is 12.3. The van der Waals surface area contributed by atoms with Crippen LogP contribution in [0.1, 0.15) is 90.0 Å². The molecule has 0 saturated heterocycles. The van der Waals surface area contributed by atoms with Gasteiger partial charge in [0.25, 0.3) is 5.91 Å². The molecule has 2 aromatic rings. The van der Waals surface area contributed by atoms with E-state index in [4.69, 9.17) is 10.5 Å². The van der Waals surface area contributed by atoms with Gasteiger partial charge in [-0.2, -0.15) is 0 Å². The van der Waals surface area contributed by atoms with E-state index in [1.807, 2.05) is 69.3 Å². The average Bonchev–Trinajstić information content (AvgIpc) is 2.88. The zero-order valence-corrected chi connectivity index (χ0v) is 26.3. The second kappa shape index (κ2) is 15.4. The van der Waals surface area contributed by atoms with Gasteiger partial charge in [0.1, 0.15) is 17.7 Å². The molecule has 0 aliphatic rings. The van der Waals surface area contributed by atoms with Crippen molar-refractivity contribution < 1.29 is 23.9 Å². The lowest BCUT2D eigenvalue weighted by atomic mass is 9.94. The van der Waals surface area contributed by atoms with Crippen molar-refractivity contribution in [2.45, 2.75) is 105 Å². The Labute approximate surface area is 250 Å². The molecule has 0 saturated carbocycles. The molecule has 0 fully saturated rings. The van der Waals surface area contributed by atoms with Gasteiger partial charge in [0.15, 0.2) is 0 Å². The van der Waals surface area contributed by atoms with Crippen molar-refractivity contribution in [1.82, 2.24) is 10.2 Å². The summed E-state index contributed by atoms with van der Waals surface area (Å²) in [7, 11) is 0. The number of carbonyl (C=O) groups is 4. The molecule has 0 bridgehead atoms. The van der Waals surface area contributed by atoms with Crippen LogP contribution >= 0.6 is 0 Å². The lowest BCUT2D eigenvalue weighted by molar-refractivity contribution is -0.143. The lowest BCUT2D eigenvalue weighted by Crippen LogP contribution is -2.55. The smallest absolute Gasteiger partial charge is 0.408 e. The zero-order chi connectivity index (χ0) is 31.6. The summed E-state index contributed by atoms with van der Waals surface area (Å²) in [5, 5.41) is 5.69. The third-order valence-electron chi connectivity index (χ3n) is 6.97. The predicted octanol–water partition coefficient (Wildman–Crippen LogP) is 5.80. The standard InChI is InChI=1S/C33H48N4O5/c1-21(2)17-18-24(5)37(31(40)27(19-20-28(34)38)36-32(41)42-33(6,7)8)29(25-15-11-9-13-22(25)3)30(39)35-26-16-12-10-14-23(26)4/h9-16,21,24,27,29H,17-20H2,1-8H3,(H2,34,38)(H,35,39)(H,36,41).